The largest absolute Gasteiger partial charge is 0.345 e. The Hall–Kier alpha value is -3.14. The number of nitrogens with zero attached hydrogens (tertiary/aromatic N) is 4. The lowest BCUT2D eigenvalue weighted by atomic mass is 10.2. The Morgan fingerprint density at radius 3 is 2.52 bits per heavy atom. The Morgan fingerprint density at radius 1 is 1.19 bits per heavy atom. The molecule has 5 nitrogen and oxygen atoms in total. The predicted molar refractivity (Wildman–Crippen MR) is 79.8 cm³/mol. The highest BCUT2D eigenvalue weighted by atomic mass is 32.1. The van der Waals surface area contributed by atoms with E-state index in [1.54, 1.807) is 18.2 Å². The Balaban J connectivity index is 2.36. The van der Waals surface area contributed by atoms with E-state index in [2.05, 4.69) is 10.3 Å². The van der Waals surface area contributed by atoms with E-state index in [-0.39, 0.29) is 11.3 Å². The number of nitriles is 3. The van der Waals surface area contributed by atoms with Crippen LogP contribution in [-0.4, -0.2) is 4.98 Å². The standard InChI is InChI=1S/C15H9N5S/c1-10-9-21-15(19-10)11-3-2-4-13(5-11)20-14(8-18)12(6-16)7-17/h2-5,9,20H,1H3. The molecule has 1 aromatic carbocycles. The molecule has 0 unspecified atom stereocenters. The minimum atomic E-state index is -0.243. The van der Waals surface area contributed by atoms with Crippen LogP contribution in [0.5, 0.6) is 0 Å². The van der Waals surface area contributed by atoms with Gasteiger partial charge in [0.25, 0.3) is 0 Å². The third-order valence-electron chi connectivity index (χ3n) is 2.58. The Morgan fingerprint density at radius 2 is 1.95 bits per heavy atom. The molecule has 0 aliphatic rings. The van der Waals surface area contributed by atoms with E-state index in [4.69, 9.17) is 15.8 Å². The fourth-order valence-electron chi connectivity index (χ4n) is 1.64. The van der Waals surface area contributed by atoms with Crippen molar-refractivity contribution < 1.29 is 0 Å². The zero-order valence-corrected chi connectivity index (χ0v) is 11.9. The van der Waals surface area contributed by atoms with Gasteiger partial charge in [-0.15, -0.1) is 11.3 Å². The topological polar surface area (TPSA) is 96.3 Å². The van der Waals surface area contributed by atoms with Crippen LogP contribution in [0.1, 0.15) is 5.69 Å². The monoisotopic (exact) mass is 291 g/mol. The number of hydrogen-bond donors (Lipinski definition) is 1. The van der Waals surface area contributed by atoms with E-state index in [1.807, 2.05) is 36.6 Å². The van der Waals surface area contributed by atoms with Crippen LogP contribution in [0.25, 0.3) is 10.6 Å². The van der Waals surface area contributed by atoms with Gasteiger partial charge in [0, 0.05) is 22.3 Å². The number of nitrogens with one attached hydrogen (secondary N) is 1. The lowest BCUT2D eigenvalue weighted by molar-refractivity contribution is 1.27. The van der Waals surface area contributed by atoms with Gasteiger partial charge in [-0.25, -0.2) is 4.98 Å². The molecule has 1 aromatic heterocycles. The molecule has 21 heavy (non-hydrogen) atoms. The van der Waals surface area contributed by atoms with Gasteiger partial charge in [-0.2, -0.15) is 15.8 Å². The average molecular weight is 291 g/mol. The van der Waals surface area contributed by atoms with Crippen LogP contribution >= 0.6 is 11.3 Å². The molecule has 2 aromatic rings. The molecule has 2 rings (SSSR count). The van der Waals surface area contributed by atoms with Crippen molar-refractivity contribution in [2.75, 3.05) is 5.32 Å². The Bertz CT molecular complexity index is 811. The first-order valence-electron chi connectivity index (χ1n) is 5.92. The molecule has 0 saturated heterocycles. The van der Waals surface area contributed by atoms with Crippen molar-refractivity contribution in [1.82, 2.24) is 4.98 Å². The summed E-state index contributed by atoms with van der Waals surface area (Å²) in [5.74, 6) is 0. The molecule has 100 valence electrons. The summed E-state index contributed by atoms with van der Waals surface area (Å²) in [6, 6.07) is 12.5. The molecule has 1 heterocycles. The van der Waals surface area contributed by atoms with E-state index in [9.17, 15) is 0 Å². The van der Waals surface area contributed by atoms with Crippen molar-refractivity contribution in [2.24, 2.45) is 0 Å². The molecule has 0 saturated carbocycles. The molecule has 0 aliphatic carbocycles. The van der Waals surface area contributed by atoms with E-state index < -0.39 is 0 Å². The number of aromatic nitrogens is 1. The summed E-state index contributed by atoms with van der Waals surface area (Å²) < 4.78 is 0. The molecule has 0 atom stereocenters. The van der Waals surface area contributed by atoms with Gasteiger partial charge in [-0.05, 0) is 19.1 Å². The molecule has 1 N–H and O–H groups in total. The summed E-state index contributed by atoms with van der Waals surface area (Å²) in [5.41, 5.74) is 2.17. The second kappa shape index (κ2) is 6.34. The highest BCUT2D eigenvalue weighted by Gasteiger charge is 2.08. The van der Waals surface area contributed by atoms with Crippen molar-refractivity contribution in [2.45, 2.75) is 6.92 Å². The summed E-state index contributed by atoms with van der Waals surface area (Å²) in [6.45, 7) is 1.92. The molecule has 0 amide bonds. The van der Waals surface area contributed by atoms with Crippen LogP contribution < -0.4 is 5.32 Å². The Labute approximate surface area is 126 Å². The number of aryl methyl sites for hydroxylation is 1. The van der Waals surface area contributed by atoms with Gasteiger partial charge in [0.2, 0.25) is 0 Å². The summed E-state index contributed by atoms with van der Waals surface area (Å²) in [6.07, 6.45) is 0. The van der Waals surface area contributed by atoms with Gasteiger partial charge >= 0.3 is 0 Å². The lowest BCUT2D eigenvalue weighted by Crippen LogP contribution is -2.00. The highest BCUT2D eigenvalue weighted by Crippen LogP contribution is 2.26. The first kappa shape index (κ1) is 14.3. The second-order valence-electron chi connectivity index (χ2n) is 4.09. The van der Waals surface area contributed by atoms with Gasteiger partial charge < -0.3 is 5.32 Å². The van der Waals surface area contributed by atoms with Crippen molar-refractivity contribution in [3.63, 3.8) is 0 Å². The van der Waals surface area contributed by atoms with Crippen molar-refractivity contribution in [3.05, 3.63) is 46.6 Å². The maximum absolute atomic E-state index is 9.03. The van der Waals surface area contributed by atoms with Crippen molar-refractivity contribution in [3.8, 4) is 28.8 Å². The van der Waals surface area contributed by atoms with Crippen LogP contribution in [0.3, 0.4) is 0 Å². The van der Waals surface area contributed by atoms with E-state index in [1.165, 1.54) is 11.3 Å². The third-order valence-corrected chi connectivity index (χ3v) is 3.59. The van der Waals surface area contributed by atoms with Crippen LogP contribution in [0.2, 0.25) is 0 Å². The van der Waals surface area contributed by atoms with Crippen LogP contribution in [0, 0.1) is 40.9 Å². The first-order chi connectivity index (χ1) is 10.2. The SMILES string of the molecule is Cc1csc(-c2cccc(NC(C#N)=C(C#N)C#N)c2)n1. The van der Waals surface area contributed by atoms with Gasteiger partial charge in [-0.3, -0.25) is 0 Å². The summed E-state index contributed by atoms with van der Waals surface area (Å²) in [5, 5.41) is 32.3. The fraction of sp³-hybridized carbons (Fsp3) is 0.0667. The van der Waals surface area contributed by atoms with Gasteiger partial charge in [0.1, 0.15) is 28.9 Å². The normalized spacial score (nSPS) is 9.05. The van der Waals surface area contributed by atoms with E-state index in [0.29, 0.717) is 5.69 Å². The van der Waals surface area contributed by atoms with Crippen molar-refractivity contribution >= 4 is 17.0 Å². The minimum Gasteiger partial charge on any atom is -0.345 e. The second-order valence-corrected chi connectivity index (χ2v) is 4.94. The van der Waals surface area contributed by atoms with Gasteiger partial charge in [-0.1, -0.05) is 12.1 Å². The number of benzene rings is 1. The maximum Gasteiger partial charge on any atom is 0.163 e. The molecular formula is C15H9N5S. The smallest absolute Gasteiger partial charge is 0.163 e. The van der Waals surface area contributed by atoms with Crippen LogP contribution in [0.4, 0.5) is 5.69 Å². The third kappa shape index (κ3) is 3.25. The molecule has 0 spiro atoms. The maximum atomic E-state index is 9.03. The molecule has 0 fully saturated rings. The fourth-order valence-corrected chi connectivity index (χ4v) is 2.44. The Kier molecular flexibility index (Phi) is 4.31. The summed E-state index contributed by atoms with van der Waals surface area (Å²) in [7, 11) is 0. The van der Waals surface area contributed by atoms with Crippen LogP contribution in [0.15, 0.2) is 40.9 Å². The van der Waals surface area contributed by atoms with E-state index >= 15 is 0 Å². The van der Waals surface area contributed by atoms with Gasteiger partial charge in [0.05, 0.1) is 0 Å². The van der Waals surface area contributed by atoms with Crippen molar-refractivity contribution in [1.29, 1.82) is 15.8 Å². The number of anilines is 1. The molecule has 0 bridgehead atoms. The molecular weight excluding hydrogens is 282 g/mol. The predicted octanol–water partition coefficient (Wildman–Crippen LogP) is 3.36. The quantitative estimate of drug-likeness (QED) is 0.875. The average Bonchev–Trinajstić information content (AvgIpc) is 2.94. The highest BCUT2D eigenvalue weighted by molar-refractivity contribution is 7.13. The first-order valence-corrected chi connectivity index (χ1v) is 6.80. The number of hydrogen-bond acceptors (Lipinski definition) is 6. The summed E-state index contributed by atoms with van der Waals surface area (Å²) >= 11 is 1.53. The van der Waals surface area contributed by atoms with Gasteiger partial charge in [0.15, 0.2) is 5.57 Å². The summed E-state index contributed by atoms with van der Waals surface area (Å²) in [4.78, 5) is 4.40. The zero-order valence-electron chi connectivity index (χ0n) is 11.1. The van der Waals surface area contributed by atoms with Crippen LogP contribution in [-0.2, 0) is 0 Å². The zero-order chi connectivity index (χ0) is 15.2. The van der Waals surface area contributed by atoms with E-state index in [0.717, 1.165) is 16.3 Å². The number of rotatable bonds is 3. The molecule has 0 radical (unpaired) electrons. The molecule has 6 heteroatoms. The number of allylic oxidation sites excluding steroid dienone is 2. The number of thiazole rings is 1. The molecule has 0 aliphatic heterocycles. The minimum absolute atomic E-state index is 0.0625. The lowest BCUT2D eigenvalue weighted by Gasteiger charge is -2.06.